The summed E-state index contributed by atoms with van der Waals surface area (Å²) >= 11 is 2.93. The van der Waals surface area contributed by atoms with Crippen LogP contribution in [0.2, 0.25) is 0 Å². The van der Waals surface area contributed by atoms with E-state index in [0.717, 1.165) is 10.4 Å². The Kier molecular flexibility index (Phi) is 3.94. The van der Waals surface area contributed by atoms with Crippen LogP contribution in [-0.2, 0) is 19.6 Å². The molecule has 0 radical (unpaired) electrons. The average molecular weight is 379 g/mol. The van der Waals surface area contributed by atoms with E-state index in [1.54, 1.807) is 0 Å². The van der Waals surface area contributed by atoms with E-state index < -0.39 is 39.7 Å². The van der Waals surface area contributed by atoms with Crippen LogP contribution in [0.25, 0.3) is 0 Å². The molecule has 0 spiro atoms. The molecule has 0 saturated carbocycles. The van der Waals surface area contributed by atoms with Crippen molar-refractivity contribution >= 4 is 37.8 Å². The zero-order chi connectivity index (χ0) is 16.0. The van der Waals surface area contributed by atoms with Crippen LogP contribution in [0.15, 0.2) is 27.6 Å². The number of hydrogen-bond acceptors (Lipinski definition) is 4. The first-order valence-corrected chi connectivity index (χ1v) is 8.12. The van der Waals surface area contributed by atoms with Gasteiger partial charge in [0.05, 0.1) is 15.9 Å². The molecule has 1 aromatic carbocycles. The van der Waals surface area contributed by atoms with Crippen LogP contribution in [0.3, 0.4) is 0 Å². The molecule has 2 rings (SSSR count). The van der Waals surface area contributed by atoms with E-state index in [2.05, 4.69) is 21.2 Å². The van der Waals surface area contributed by atoms with E-state index in [0.29, 0.717) is 0 Å². The summed E-state index contributed by atoms with van der Waals surface area (Å²) in [7, 11) is -4.18. The van der Waals surface area contributed by atoms with E-state index in [9.17, 15) is 22.4 Å². The zero-order valence-corrected chi connectivity index (χ0v) is 13.6. The minimum absolute atomic E-state index is 0.119. The maximum absolute atomic E-state index is 13.5. The SMILES string of the molecule is CC1(C)C(=O)NC(=O)CN1S(=O)(=O)c1ccc(Br)c(F)c1. The van der Waals surface area contributed by atoms with E-state index >= 15 is 0 Å². The highest BCUT2D eigenvalue weighted by molar-refractivity contribution is 9.10. The highest BCUT2D eigenvalue weighted by atomic mass is 79.9. The number of amides is 2. The third-order valence-corrected chi connectivity index (χ3v) is 5.86. The van der Waals surface area contributed by atoms with Gasteiger partial charge in [-0.05, 0) is 48.0 Å². The van der Waals surface area contributed by atoms with Crippen LogP contribution in [0.1, 0.15) is 13.8 Å². The van der Waals surface area contributed by atoms with Gasteiger partial charge in [0.25, 0.3) is 0 Å². The van der Waals surface area contributed by atoms with Gasteiger partial charge in [0, 0.05) is 0 Å². The predicted octanol–water partition coefficient (Wildman–Crippen LogP) is 1.01. The fourth-order valence-corrected chi connectivity index (χ4v) is 3.87. The van der Waals surface area contributed by atoms with Gasteiger partial charge in [-0.15, -0.1) is 0 Å². The van der Waals surface area contributed by atoms with E-state index in [4.69, 9.17) is 0 Å². The molecule has 0 bridgehead atoms. The summed E-state index contributed by atoms with van der Waals surface area (Å²) in [6, 6.07) is 3.29. The topological polar surface area (TPSA) is 83.6 Å². The highest BCUT2D eigenvalue weighted by Gasteiger charge is 2.47. The second-order valence-corrected chi connectivity index (χ2v) is 7.74. The molecule has 0 aromatic heterocycles. The monoisotopic (exact) mass is 378 g/mol. The van der Waals surface area contributed by atoms with Gasteiger partial charge in [-0.2, -0.15) is 4.31 Å². The molecule has 1 heterocycles. The lowest BCUT2D eigenvalue weighted by Gasteiger charge is -2.38. The molecule has 1 fully saturated rings. The number of carbonyl (C=O) groups excluding carboxylic acids is 2. The van der Waals surface area contributed by atoms with Crippen LogP contribution >= 0.6 is 15.9 Å². The molecule has 1 saturated heterocycles. The van der Waals surface area contributed by atoms with Crippen molar-refractivity contribution in [3.05, 3.63) is 28.5 Å². The molecule has 2 amide bonds. The maximum Gasteiger partial charge on any atom is 0.247 e. The van der Waals surface area contributed by atoms with Gasteiger partial charge in [-0.25, -0.2) is 12.8 Å². The number of halogens is 2. The third kappa shape index (κ3) is 2.72. The number of piperazine rings is 1. The van der Waals surface area contributed by atoms with Crippen molar-refractivity contribution in [1.29, 1.82) is 0 Å². The first kappa shape index (κ1) is 16.1. The molecule has 6 nitrogen and oxygen atoms in total. The van der Waals surface area contributed by atoms with Gasteiger partial charge < -0.3 is 0 Å². The second-order valence-electron chi connectivity index (χ2n) is 5.02. The Morgan fingerprint density at radius 2 is 1.95 bits per heavy atom. The normalized spacial score (nSPS) is 19.4. The smallest absolute Gasteiger partial charge is 0.247 e. The Balaban J connectivity index is 2.53. The van der Waals surface area contributed by atoms with Crippen molar-refractivity contribution in [2.45, 2.75) is 24.3 Å². The van der Waals surface area contributed by atoms with Crippen molar-refractivity contribution in [2.24, 2.45) is 0 Å². The lowest BCUT2D eigenvalue weighted by Crippen LogP contribution is -2.65. The first-order valence-electron chi connectivity index (χ1n) is 5.89. The Morgan fingerprint density at radius 3 is 2.52 bits per heavy atom. The molecule has 114 valence electrons. The Bertz CT molecular complexity index is 733. The fourth-order valence-electron chi connectivity index (χ4n) is 1.91. The van der Waals surface area contributed by atoms with Gasteiger partial charge in [0.15, 0.2) is 0 Å². The lowest BCUT2D eigenvalue weighted by atomic mass is 10.0. The van der Waals surface area contributed by atoms with Crippen molar-refractivity contribution in [2.75, 3.05) is 6.54 Å². The van der Waals surface area contributed by atoms with Crippen molar-refractivity contribution in [3.8, 4) is 0 Å². The molecule has 1 aliphatic rings. The summed E-state index contributed by atoms with van der Waals surface area (Å²) in [4.78, 5) is 22.9. The van der Waals surface area contributed by atoms with Crippen LogP contribution in [-0.4, -0.2) is 36.6 Å². The number of carbonyl (C=O) groups is 2. The van der Waals surface area contributed by atoms with Gasteiger partial charge in [0.2, 0.25) is 21.8 Å². The molecule has 1 aromatic rings. The Labute approximate surface area is 129 Å². The summed E-state index contributed by atoms with van der Waals surface area (Å²) in [6.45, 7) is 2.25. The van der Waals surface area contributed by atoms with Gasteiger partial charge >= 0.3 is 0 Å². The minimum atomic E-state index is -4.18. The van der Waals surface area contributed by atoms with E-state index in [-0.39, 0.29) is 9.37 Å². The summed E-state index contributed by atoms with van der Waals surface area (Å²) in [6.07, 6.45) is 0. The number of nitrogens with one attached hydrogen (secondary N) is 1. The van der Waals surface area contributed by atoms with Crippen LogP contribution < -0.4 is 5.32 Å². The molecular formula is C12H12BrFN2O4S. The third-order valence-electron chi connectivity index (χ3n) is 3.20. The number of nitrogens with zero attached hydrogens (tertiary/aromatic N) is 1. The molecular weight excluding hydrogens is 367 g/mol. The highest BCUT2D eigenvalue weighted by Crippen LogP contribution is 2.28. The Hall–Kier alpha value is -1.32. The number of imide groups is 1. The fraction of sp³-hybridized carbons (Fsp3) is 0.333. The van der Waals surface area contributed by atoms with E-state index in [1.807, 2.05) is 0 Å². The molecule has 21 heavy (non-hydrogen) atoms. The predicted molar refractivity (Wildman–Crippen MR) is 75.2 cm³/mol. The number of benzene rings is 1. The van der Waals surface area contributed by atoms with Crippen LogP contribution in [0.4, 0.5) is 4.39 Å². The average Bonchev–Trinajstić information content (AvgIpc) is 2.37. The van der Waals surface area contributed by atoms with Crippen molar-refractivity contribution in [3.63, 3.8) is 0 Å². The van der Waals surface area contributed by atoms with Gasteiger partial charge in [-0.1, -0.05) is 0 Å². The molecule has 9 heteroatoms. The lowest BCUT2D eigenvalue weighted by molar-refractivity contribution is -0.141. The quantitative estimate of drug-likeness (QED) is 0.778. The standard InChI is InChI=1S/C12H12BrFN2O4S/c1-12(2)11(18)15-10(17)6-16(12)21(19,20)7-3-4-8(13)9(14)5-7/h3-5H,6H2,1-2H3,(H,15,17,18). The first-order chi connectivity index (χ1) is 9.56. The van der Waals surface area contributed by atoms with Crippen LogP contribution in [0, 0.1) is 5.82 Å². The molecule has 0 atom stereocenters. The van der Waals surface area contributed by atoms with Crippen molar-refractivity contribution < 1.29 is 22.4 Å². The molecule has 1 N–H and O–H groups in total. The second kappa shape index (κ2) is 5.15. The Morgan fingerprint density at radius 1 is 1.33 bits per heavy atom. The number of sulfonamides is 1. The summed E-state index contributed by atoms with van der Waals surface area (Å²) in [5.74, 6) is -2.19. The summed E-state index contributed by atoms with van der Waals surface area (Å²) in [5, 5.41) is 2.08. The largest absolute Gasteiger partial charge is 0.294 e. The summed E-state index contributed by atoms with van der Waals surface area (Å²) in [5.41, 5.74) is -1.45. The molecule has 0 unspecified atom stereocenters. The zero-order valence-electron chi connectivity index (χ0n) is 11.2. The number of hydrogen-bond donors (Lipinski definition) is 1. The summed E-state index contributed by atoms with van der Waals surface area (Å²) < 4.78 is 39.6. The van der Waals surface area contributed by atoms with Crippen LogP contribution in [0.5, 0.6) is 0 Å². The molecule has 1 aliphatic heterocycles. The van der Waals surface area contributed by atoms with Gasteiger partial charge in [-0.3, -0.25) is 14.9 Å². The maximum atomic E-state index is 13.5. The van der Waals surface area contributed by atoms with Crippen molar-refractivity contribution in [1.82, 2.24) is 9.62 Å². The minimum Gasteiger partial charge on any atom is -0.294 e. The number of rotatable bonds is 2. The van der Waals surface area contributed by atoms with Gasteiger partial charge in [0.1, 0.15) is 11.4 Å². The van der Waals surface area contributed by atoms with E-state index in [1.165, 1.54) is 26.0 Å². The molecule has 0 aliphatic carbocycles.